The number of amides is 1. The average Bonchev–Trinajstić information content (AvgIpc) is 2.89. The number of hydrogen-bond donors (Lipinski definition) is 2. The number of carbonyl (C=O) groups excluding carboxylic acids is 1. The molecule has 0 radical (unpaired) electrons. The molecule has 3 N–H and O–H groups in total. The molecule has 0 aliphatic carbocycles. The standard InChI is InChI=1S/C26H24ClFN6O2/c27-17-3-7-20(8-4-17)36-15-23(35)34-13-11-19(12-14-34)30-25-24-22(32-26(29)33-25)10-9-21(31-24)16-1-5-18(28)6-2-16/h1-10,19H,11-15H2,(H3,29,30,32,33). The minimum Gasteiger partial charge on any atom is -0.484 e. The molecule has 1 fully saturated rings. The number of nitrogens with two attached hydrogens (primary N) is 1. The van der Waals surface area contributed by atoms with Crippen molar-refractivity contribution in [3.8, 4) is 17.0 Å². The van der Waals surface area contributed by atoms with Gasteiger partial charge in [0.1, 0.15) is 17.1 Å². The first-order valence-corrected chi connectivity index (χ1v) is 12.0. The zero-order chi connectivity index (χ0) is 25.1. The third-order valence-electron chi connectivity index (χ3n) is 6.06. The lowest BCUT2D eigenvalue weighted by Gasteiger charge is -2.32. The summed E-state index contributed by atoms with van der Waals surface area (Å²) in [6.45, 7) is 1.16. The van der Waals surface area contributed by atoms with Crippen molar-refractivity contribution in [1.29, 1.82) is 0 Å². The van der Waals surface area contributed by atoms with Crippen LogP contribution in [0.3, 0.4) is 0 Å². The van der Waals surface area contributed by atoms with Crippen LogP contribution in [0.4, 0.5) is 16.2 Å². The van der Waals surface area contributed by atoms with Crippen molar-refractivity contribution in [1.82, 2.24) is 19.9 Å². The first-order chi connectivity index (χ1) is 17.4. The number of rotatable bonds is 6. The number of anilines is 2. The number of carbonyl (C=O) groups is 1. The Labute approximate surface area is 212 Å². The number of halogens is 2. The van der Waals surface area contributed by atoms with E-state index in [1.54, 1.807) is 41.3 Å². The normalized spacial score (nSPS) is 14.1. The maximum atomic E-state index is 13.3. The summed E-state index contributed by atoms with van der Waals surface area (Å²) >= 11 is 5.88. The van der Waals surface area contributed by atoms with Crippen LogP contribution in [0.25, 0.3) is 22.3 Å². The van der Waals surface area contributed by atoms with Crippen LogP contribution in [0.1, 0.15) is 12.8 Å². The Hall–Kier alpha value is -3.98. The molecule has 3 heterocycles. The van der Waals surface area contributed by atoms with Gasteiger partial charge in [-0.1, -0.05) is 11.6 Å². The van der Waals surface area contributed by atoms with Gasteiger partial charge in [0, 0.05) is 29.7 Å². The summed E-state index contributed by atoms with van der Waals surface area (Å²) in [5, 5.41) is 4.05. The molecular weight excluding hydrogens is 483 g/mol. The smallest absolute Gasteiger partial charge is 0.260 e. The molecular formula is C26H24ClFN6O2. The van der Waals surface area contributed by atoms with Crippen LogP contribution in [0, 0.1) is 5.82 Å². The van der Waals surface area contributed by atoms with Gasteiger partial charge in [-0.15, -0.1) is 0 Å². The number of ether oxygens (including phenoxy) is 1. The molecule has 0 bridgehead atoms. The monoisotopic (exact) mass is 506 g/mol. The molecule has 4 aromatic rings. The quantitative estimate of drug-likeness (QED) is 0.395. The Morgan fingerprint density at radius 3 is 2.47 bits per heavy atom. The number of benzene rings is 2. The average molecular weight is 507 g/mol. The first kappa shape index (κ1) is 23.7. The molecule has 0 saturated carbocycles. The first-order valence-electron chi connectivity index (χ1n) is 11.6. The van der Waals surface area contributed by atoms with Gasteiger partial charge in [-0.25, -0.2) is 14.4 Å². The highest BCUT2D eigenvalue weighted by Gasteiger charge is 2.24. The van der Waals surface area contributed by atoms with Gasteiger partial charge in [0.25, 0.3) is 5.91 Å². The van der Waals surface area contributed by atoms with Crippen LogP contribution in [0.15, 0.2) is 60.7 Å². The van der Waals surface area contributed by atoms with Gasteiger partial charge in [-0.3, -0.25) is 4.79 Å². The van der Waals surface area contributed by atoms with Crippen molar-refractivity contribution in [3.63, 3.8) is 0 Å². The van der Waals surface area contributed by atoms with E-state index in [0.29, 0.717) is 46.4 Å². The molecule has 2 aromatic carbocycles. The number of piperidine rings is 1. The molecule has 0 atom stereocenters. The lowest BCUT2D eigenvalue weighted by Crippen LogP contribution is -2.44. The lowest BCUT2D eigenvalue weighted by atomic mass is 10.0. The summed E-state index contributed by atoms with van der Waals surface area (Å²) in [6.07, 6.45) is 1.46. The topological polar surface area (TPSA) is 106 Å². The van der Waals surface area contributed by atoms with Crippen LogP contribution in [0.5, 0.6) is 5.75 Å². The van der Waals surface area contributed by atoms with E-state index in [-0.39, 0.29) is 30.3 Å². The van der Waals surface area contributed by atoms with Crippen LogP contribution in [0.2, 0.25) is 5.02 Å². The van der Waals surface area contributed by atoms with Crippen molar-refractivity contribution >= 4 is 40.3 Å². The molecule has 184 valence electrons. The third kappa shape index (κ3) is 5.46. The SMILES string of the molecule is Nc1nc(NC2CCN(C(=O)COc3ccc(Cl)cc3)CC2)c2nc(-c3ccc(F)cc3)ccc2n1. The molecule has 5 rings (SSSR count). The second kappa shape index (κ2) is 10.3. The van der Waals surface area contributed by atoms with Gasteiger partial charge < -0.3 is 20.7 Å². The Morgan fingerprint density at radius 2 is 1.75 bits per heavy atom. The second-order valence-electron chi connectivity index (χ2n) is 8.54. The number of nitrogens with zero attached hydrogens (tertiary/aromatic N) is 4. The lowest BCUT2D eigenvalue weighted by molar-refractivity contribution is -0.134. The van der Waals surface area contributed by atoms with Gasteiger partial charge in [-0.2, -0.15) is 4.98 Å². The van der Waals surface area contributed by atoms with E-state index in [2.05, 4.69) is 15.3 Å². The van der Waals surface area contributed by atoms with E-state index in [1.165, 1.54) is 12.1 Å². The number of aromatic nitrogens is 3. The predicted octanol–water partition coefficient (Wildman–Crippen LogP) is 4.55. The molecule has 0 unspecified atom stereocenters. The maximum absolute atomic E-state index is 13.3. The number of fused-ring (bicyclic) bond motifs is 1. The summed E-state index contributed by atoms with van der Waals surface area (Å²) in [4.78, 5) is 27.8. The van der Waals surface area contributed by atoms with Crippen LogP contribution < -0.4 is 15.8 Å². The Bertz CT molecular complexity index is 1380. The van der Waals surface area contributed by atoms with Crippen molar-refractivity contribution in [2.45, 2.75) is 18.9 Å². The summed E-state index contributed by atoms with van der Waals surface area (Å²) in [5.41, 5.74) is 8.61. The van der Waals surface area contributed by atoms with Gasteiger partial charge in [0.2, 0.25) is 5.95 Å². The van der Waals surface area contributed by atoms with Gasteiger partial charge >= 0.3 is 0 Å². The summed E-state index contributed by atoms with van der Waals surface area (Å²) in [7, 11) is 0. The Balaban J connectivity index is 1.24. The minimum atomic E-state index is -0.306. The van der Waals surface area contributed by atoms with Crippen molar-refractivity contribution in [3.05, 3.63) is 71.5 Å². The summed E-state index contributed by atoms with van der Waals surface area (Å²) in [6, 6.07) is 16.8. The maximum Gasteiger partial charge on any atom is 0.260 e. The second-order valence-corrected chi connectivity index (χ2v) is 8.98. The van der Waals surface area contributed by atoms with Gasteiger partial charge in [0.15, 0.2) is 12.4 Å². The zero-order valence-electron chi connectivity index (χ0n) is 19.3. The Morgan fingerprint density at radius 1 is 1.03 bits per heavy atom. The summed E-state index contributed by atoms with van der Waals surface area (Å²) in [5.74, 6) is 0.917. The zero-order valence-corrected chi connectivity index (χ0v) is 20.1. The molecule has 1 saturated heterocycles. The van der Waals surface area contributed by atoms with Crippen molar-refractivity contribution in [2.75, 3.05) is 30.7 Å². The number of nitrogen functional groups attached to an aromatic ring is 1. The highest BCUT2D eigenvalue weighted by Crippen LogP contribution is 2.26. The molecule has 2 aromatic heterocycles. The van der Waals surface area contributed by atoms with E-state index >= 15 is 0 Å². The number of pyridine rings is 1. The molecule has 1 amide bonds. The van der Waals surface area contributed by atoms with Gasteiger partial charge in [0.05, 0.1) is 11.2 Å². The van der Waals surface area contributed by atoms with E-state index in [0.717, 1.165) is 18.4 Å². The largest absolute Gasteiger partial charge is 0.484 e. The fraction of sp³-hybridized carbons (Fsp3) is 0.231. The molecule has 0 spiro atoms. The number of hydrogen-bond acceptors (Lipinski definition) is 7. The van der Waals surface area contributed by atoms with Crippen LogP contribution >= 0.6 is 11.6 Å². The minimum absolute atomic E-state index is 0.0249. The van der Waals surface area contributed by atoms with Crippen LogP contribution in [-0.2, 0) is 4.79 Å². The number of nitrogens with one attached hydrogen (secondary N) is 1. The molecule has 1 aliphatic rings. The molecule has 1 aliphatic heterocycles. The van der Waals surface area contributed by atoms with Gasteiger partial charge in [-0.05, 0) is 73.5 Å². The molecule has 10 heteroatoms. The van der Waals surface area contributed by atoms with Crippen molar-refractivity contribution in [2.24, 2.45) is 0 Å². The van der Waals surface area contributed by atoms with Crippen LogP contribution in [-0.4, -0.2) is 51.5 Å². The number of likely N-dealkylation sites (tertiary alicyclic amines) is 1. The summed E-state index contributed by atoms with van der Waals surface area (Å²) < 4.78 is 18.9. The van der Waals surface area contributed by atoms with E-state index < -0.39 is 0 Å². The highest BCUT2D eigenvalue weighted by molar-refractivity contribution is 6.30. The Kier molecular flexibility index (Phi) is 6.81. The predicted molar refractivity (Wildman–Crippen MR) is 137 cm³/mol. The fourth-order valence-electron chi connectivity index (χ4n) is 4.15. The molecule has 36 heavy (non-hydrogen) atoms. The third-order valence-corrected chi connectivity index (χ3v) is 6.32. The van der Waals surface area contributed by atoms with E-state index in [4.69, 9.17) is 27.1 Å². The highest BCUT2D eigenvalue weighted by atomic mass is 35.5. The van der Waals surface area contributed by atoms with E-state index in [9.17, 15) is 9.18 Å². The van der Waals surface area contributed by atoms with E-state index in [1.807, 2.05) is 12.1 Å². The molecule has 8 nitrogen and oxygen atoms in total. The van der Waals surface area contributed by atoms with Crippen molar-refractivity contribution < 1.29 is 13.9 Å². The fourth-order valence-corrected chi connectivity index (χ4v) is 4.27.